The summed E-state index contributed by atoms with van der Waals surface area (Å²) >= 11 is 6.32. The van der Waals surface area contributed by atoms with Gasteiger partial charge in [0.1, 0.15) is 0 Å². The highest BCUT2D eigenvalue weighted by Gasteiger charge is 2.31. The highest BCUT2D eigenvalue weighted by molar-refractivity contribution is 6.31. The van der Waals surface area contributed by atoms with Crippen LogP contribution in [0.25, 0.3) is 0 Å². The summed E-state index contributed by atoms with van der Waals surface area (Å²) in [6.45, 7) is 4.65. The second-order valence-corrected chi connectivity index (χ2v) is 8.22. The lowest BCUT2D eigenvalue weighted by Gasteiger charge is -2.28. The standard InChI is InChI=1S/C24H29ClN2O3/c1-2-3-13-26-20-8-4-5-9-21(20)27(14-16-30-23-10-6-7-15-29-23)24(28)19-12-11-18(25)17-22(19)26/h4-5,8-9,11-12,17,23H,2-3,6-7,10,13-16H2,1H3. The molecule has 1 atom stereocenters. The first-order valence-electron chi connectivity index (χ1n) is 10.9. The Bertz CT molecular complexity index is 883. The van der Waals surface area contributed by atoms with E-state index >= 15 is 0 Å². The van der Waals surface area contributed by atoms with Crippen LogP contribution in [-0.4, -0.2) is 38.5 Å². The van der Waals surface area contributed by atoms with E-state index in [1.54, 1.807) is 6.07 Å². The minimum atomic E-state index is -0.164. The maximum atomic E-state index is 13.6. The summed E-state index contributed by atoms with van der Waals surface area (Å²) in [5.41, 5.74) is 3.46. The Hall–Kier alpha value is -2.08. The molecular formula is C24H29ClN2O3. The van der Waals surface area contributed by atoms with Gasteiger partial charge in [-0.3, -0.25) is 4.79 Å². The molecule has 0 N–H and O–H groups in total. The first-order valence-corrected chi connectivity index (χ1v) is 11.3. The predicted octanol–water partition coefficient (Wildman–Crippen LogP) is 5.78. The molecular weight excluding hydrogens is 400 g/mol. The molecule has 0 aliphatic carbocycles. The zero-order valence-corrected chi connectivity index (χ0v) is 18.2. The molecule has 1 amide bonds. The van der Waals surface area contributed by atoms with E-state index in [1.807, 2.05) is 35.2 Å². The monoisotopic (exact) mass is 428 g/mol. The number of carbonyl (C=O) groups is 1. The molecule has 0 saturated carbocycles. The summed E-state index contributed by atoms with van der Waals surface area (Å²) in [5.74, 6) is -0.0266. The van der Waals surface area contributed by atoms with Gasteiger partial charge in [0.15, 0.2) is 6.29 Å². The second kappa shape index (κ2) is 9.82. The third kappa shape index (κ3) is 4.48. The lowest BCUT2D eigenvalue weighted by atomic mass is 10.1. The van der Waals surface area contributed by atoms with Crippen LogP contribution in [0.1, 0.15) is 49.4 Å². The number of para-hydroxylation sites is 2. The third-order valence-corrected chi connectivity index (χ3v) is 5.92. The van der Waals surface area contributed by atoms with Gasteiger partial charge in [-0.05, 0) is 56.0 Å². The molecule has 1 unspecified atom stereocenters. The number of halogens is 1. The quantitative estimate of drug-likeness (QED) is 0.560. The molecule has 1 fully saturated rings. The lowest BCUT2D eigenvalue weighted by Crippen LogP contribution is -2.35. The van der Waals surface area contributed by atoms with Gasteiger partial charge in [0.25, 0.3) is 5.91 Å². The van der Waals surface area contributed by atoms with Crippen molar-refractivity contribution >= 4 is 34.6 Å². The fourth-order valence-corrected chi connectivity index (χ4v) is 4.28. The average molecular weight is 429 g/mol. The van der Waals surface area contributed by atoms with Crippen molar-refractivity contribution in [3.63, 3.8) is 0 Å². The van der Waals surface area contributed by atoms with Crippen molar-refractivity contribution in [2.45, 2.75) is 45.3 Å². The highest BCUT2D eigenvalue weighted by Crippen LogP contribution is 2.41. The number of rotatable bonds is 7. The number of carbonyl (C=O) groups excluding carboxylic acids is 1. The molecule has 2 aromatic carbocycles. The maximum absolute atomic E-state index is 13.6. The van der Waals surface area contributed by atoms with Crippen LogP contribution in [-0.2, 0) is 9.47 Å². The SMILES string of the molecule is CCCCN1c2cc(Cl)ccc2C(=O)N(CCOC2CCCCO2)c2ccccc21. The van der Waals surface area contributed by atoms with E-state index in [-0.39, 0.29) is 12.2 Å². The van der Waals surface area contributed by atoms with Crippen LogP contribution >= 0.6 is 11.6 Å². The molecule has 2 heterocycles. The first kappa shape index (κ1) is 21.2. The number of nitrogens with zero attached hydrogens (tertiary/aromatic N) is 2. The van der Waals surface area contributed by atoms with Crippen LogP contribution < -0.4 is 9.80 Å². The Kier molecular flexibility index (Phi) is 6.93. The summed E-state index contributed by atoms with van der Waals surface area (Å²) in [6, 6.07) is 13.6. The van der Waals surface area contributed by atoms with Gasteiger partial charge < -0.3 is 19.3 Å². The normalized spacial score (nSPS) is 18.7. The number of hydrogen-bond donors (Lipinski definition) is 0. The van der Waals surface area contributed by atoms with E-state index in [0.717, 1.165) is 62.3 Å². The minimum Gasteiger partial charge on any atom is -0.353 e. The highest BCUT2D eigenvalue weighted by atomic mass is 35.5. The Morgan fingerprint density at radius 3 is 2.60 bits per heavy atom. The molecule has 5 nitrogen and oxygen atoms in total. The molecule has 30 heavy (non-hydrogen) atoms. The van der Waals surface area contributed by atoms with Crippen LogP contribution in [0.5, 0.6) is 0 Å². The van der Waals surface area contributed by atoms with Crippen LogP contribution in [0.4, 0.5) is 17.1 Å². The largest absolute Gasteiger partial charge is 0.353 e. The molecule has 0 bridgehead atoms. The topological polar surface area (TPSA) is 42.0 Å². The number of fused-ring (bicyclic) bond motifs is 2. The fourth-order valence-electron chi connectivity index (χ4n) is 4.11. The predicted molar refractivity (Wildman–Crippen MR) is 121 cm³/mol. The van der Waals surface area contributed by atoms with Crippen LogP contribution in [0.3, 0.4) is 0 Å². The van der Waals surface area contributed by atoms with Gasteiger partial charge in [0, 0.05) is 24.7 Å². The zero-order valence-electron chi connectivity index (χ0n) is 17.5. The van der Waals surface area contributed by atoms with Gasteiger partial charge >= 0.3 is 0 Å². The number of anilines is 3. The van der Waals surface area contributed by atoms with Gasteiger partial charge in [0.2, 0.25) is 0 Å². The second-order valence-electron chi connectivity index (χ2n) is 7.78. The average Bonchev–Trinajstić information content (AvgIpc) is 2.86. The summed E-state index contributed by atoms with van der Waals surface area (Å²) in [4.78, 5) is 17.6. The van der Waals surface area contributed by atoms with E-state index in [1.165, 1.54) is 0 Å². The molecule has 2 aliphatic heterocycles. The summed E-state index contributed by atoms with van der Waals surface area (Å²) in [7, 11) is 0. The summed E-state index contributed by atoms with van der Waals surface area (Å²) < 4.78 is 11.6. The van der Waals surface area contributed by atoms with Crippen molar-refractivity contribution in [3.05, 3.63) is 53.1 Å². The van der Waals surface area contributed by atoms with E-state index in [9.17, 15) is 4.79 Å². The first-order chi connectivity index (χ1) is 14.7. The van der Waals surface area contributed by atoms with Gasteiger partial charge in [0.05, 0.1) is 29.2 Å². The van der Waals surface area contributed by atoms with E-state index in [2.05, 4.69) is 17.9 Å². The van der Waals surface area contributed by atoms with Crippen molar-refractivity contribution < 1.29 is 14.3 Å². The summed E-state index contributed by atoms with van der Waals surface area (Å²) in [6.07, 6.45) is 5.05. The smallest absolute Gasteiger partial charge is 0.260 e. The number of amides is 1. The van der Waals surface area contributed by atoms with Crippen LogP contribution in [0.15, 0.2) is 42.5 Å². The van der Waals surface area contributed by atoms with Gasteiger partial charge in [-0.15, -0.1) is 0 Å². The fraction of sp³-hybridized carbons (Fsp3) is 0.458. The molecule has 0 spiro atoms. The molecule has 2 aromatic rings. The van der Waals surface area contributed by atoms with Crippen molar-refractivity contribution in [3.8, 4) is 0 Å². The van der Waals surface area contributed by atoms with Gasteiger partial charge in [-0.2, -0.15) is 0 Å². The van der Waals surface area contributed by atoms with Crippen LogP contribution in [0.2, 0.25) is 5.02 Å². The van der Waals surface area contributed by atoms with Gasteiger partial charge in [-0.1, -0.05) is 37.1 Å². The number of unbranched alkanes of at least 4 members (excludes halogenated alkanes) is 1. The Morgan fingerprint density at radius 1 is 1.07 bits per heavy atom. The Morgan fingerprint density at radius 2 is 1.87 bits per heavy atom. The molecule has 1 saturated heterocycles. The van der Waals surface area contributed by atoms with E-state index in [0.29, 0.717) is 23.7 Å². The van der Waals surface area contributed by atoms with Crippen molar-refractivity contribution in [1.82, 2.24) is 0 Å². The lowest BCUT2D eigenvalue weighted by molar-refractivity contribution is -0.160. The van der Waals surface area contributed by atoms with Gasteiger partial charge in [-0.25, -0.2) is 0 Å². The summed E-state index contributed by atoms with van der Waals surface area (Å²) in [5, 5.41) is 0.631. The molecule has 160 valence electrons. The minimum absolute atomic E-state index is 0.0266. The van der Waals surface area contributed by atoms with E-state index in [4.69, 9.17) is 21.1 Å². The Balaban J connectivity index is 1.66. The van der Waals surface area contributed by atoms with Crippen LogP contribution in [0, 0.1) is 0 Å². The molecule has 0 radical (unpaired) electrons. The molecule has 6 heteroatoms. The number of ether oxygens (including phenoxy) is 2. The third-order valence-electron chi connectivity index (χ3n) is 5.68. The maximum Gasteiger partial charge on any atom is 0.260 e. The molecule has 4 rings (SSSR count). The molecule has 0 aromatic heterocycles. The number of hydrogen-bond acceptors (Lipinski definition) is 4. The van der Waals surface area contributed by atoms with E-state index < -0.39 is 0 Å². The van der Waals surface area contributed by atoms with Crippen molar-refractivity contribution in [1.29, 1.82) is 0 Å². The Labute approximate surface area is 183 Å². The zero-order chi connectivity index (χ0) is 20.9. The molecule has 2 aliphatic rings. The number of benzene rings is 2. The van der Waals surface area contributed by atoms with Crippen molar-refractivity contribution in [2.24, 2.45) is 0 Å². The van der Waals surface area contributed by atoms with Crippen molar-refractivity contribution in [2.75, 3.05) is 36.1 Å².